The molecule has 3 N–H and O–H groups in total. The van der Waals surface area contributed by atoms with E-state index in [-0.39, 0.29) is 5.91 Å². The Morgan fingerprint density at radius 2 is 2.22 bits per heavy atom. The van der Waals surface area contributed by atoms with Gasteiger partial charge in [-0.1, -0.05) is 0 Å². The Morgan fingerprint density at radius 1 is 1.43 bits per heavy atom. The van der Waals surface area contributed by atoms with Crippen LogP contribution in [0.15, 0.2) is 12.0 Å². The van der Waals surface area contributed by atoms with Crippen molar-refractivity contribution >= 4 is 12.0 Å². The highest BCUT2D eigenvalue weighted by molar-refractivity contribution is 5.85. The van der Waals surface area contributed by atoms with Crippen LogP contribution in [-0.4, -0.2) is 48.5 Å². The molecule has 2 aliphatic heterocycles. The molecular weight excluding hydrogens is 300 g/mol. The maximum atomic E-state index is 12.7. The van der Waals surface area contributed by atoms with Gasteiger partial charge in [0.1, 0.15) is 17.9 Å². The Balaban J connectivity index is 2.01. The van der Waals surface area contributed by atoms with E-state index < -0.39 is 17.7 Å². The van der Waals surface area contributed by atoms with E-state index in [4.69, 9.17) is 9.47 Å². The molecule has 0 radical (unpaired) electrons. The lowest BCUT2D eigenvalue weighted by atomic mass is 10.1. The number of carbonyl (C=O) groups is 2. The van der Waals surface area contributed by atoms with Crippen molar-refractivity contribution < 1.29 is 19.1 Å². The molecule has 0 spiro atoms. The predicted octanol–water partition coefficient (Wildman–Crippen LogP) is 0.816. The topological polar surface area (TPSA) is 91.9 Å². The third-order valence-corrected chi connectivity index (χ3v) is 3.40. The molecule has 1 atom stereocenters. The summed E-state index contributed by atoms with van der Waals surface area (Å²) in [5.41, 5.74) is 3.22. The normalized spacial score (nSPS) is 19.3. The summed E-state index contributed by atoms with van der Waals surface area (Å²) in [7, 11) is 0. The van der Waals surface area contributed by atoms with Crippen LogP contribution in [0.5, 0.6) is 0 Å². The van der Waals surface area contributed by atoms with Gasteiger partial charge in [0.2, 0.25) is 0 Å². The highest BCUT2D eigenvalue weighted by Crippen LogP contribution is 2.13. The fourth-order valence-corrected chi connectivity index (χ4v) is 2.37. The molecule has 23 heavy (non-hydrogen) atoms. The molecule has 2 amide bonds. The highest BCUT2D eigenvalue weighted by atomic mass is 16.6. The first-order valence-corrected chi connectivity index (χ1v) is 7.94. The molecule has 2 heterocycles. The second-order valence-electron chi connectivity index (χ2n) is 6.64. The lowest BCUT2D eigenvalue weighted by Gasteiger charge is -2.31. The van der Waals surface area contributed by atoms with Crippen LogP contribution in [0.25, 0.3) is 0 Å². The van der Waals surface area contributed by atoms with E-state index in [1.54, 1.807) is 32.0 Å². The molecule has 130 valence electrons. The van der Waals surface area contributed by atoms with Crippen LogP contribution in [-0.2, 0) is 14.3 Å². The van der Waals surface area contributed by atoms with Crippen LogP contribution in [0.2, 0.25) is 0 Å². The van der Waals surface area contributed by atoms with Crippen molar-refractivity contribution in [3.8, 4) is 0 Å². The van der Waals surface area contributed by atoms with Crippen LogP contribution < -0.4 is 16.1 Å². The zero-order valence-corrected chi connectivity index (χ0v) is 14.0. The summed E-state index contributed by atoms with van der Waals surface area (Å²) in [6.07, 6.45) is 3.28. The quantitative estimate of drug-likeness (QED) is 0.708. The summed E-state index contributed by atoms with van der Waals surface area (Å²) in [6, 6.07) is -0.712. The summed E-state index contributed by atoms with van der Waals surface area (Å²) in [4.78, 5) is 24.7. The first-order chi connectivity index (χ1) is 10.8. The van der Waals surface area contributed by atoms with Crippen molar-refractivity contribution in [3.05, 3.63) is 12.0 Å². The summed E-state index contributed by atoms with van der Waals surface area (Å²) >= 11 is 0. The Labute approximate surface area is 136 Å². The lowest BCUT2D eigenvalue weighted by molar-refractivity contribution is -0.137. The molecular formula is C15H26N4O4. The van der Waals surface area contributed by atoms with E-state index in [9.17, 15) is 9.59 Å². The molecule has 1 saturated heterocycles. The number of nitrogens with zero attached hydrogens (tertiary/aromatic N) is 1. The number of hydrogen-bond acceptors (Lipinski definition) is 6. The second-order valence-corrected chi connectivity index (χ2v) is 6.64. The van der Waals surface area contributed by atoms with Crippen molar-refractivity contribution in [2.75, 3.05) is 19.8 Å². The van der Waals surface area contributed by atoms with Gasteiger partial charge in [-0.05, 0) is 33.6 Å². The van der Waals surface area contributed by atoms with Crippen LogP contribution in [0.3, 0.4) is 0 Å². The van der Waals surface area contributed by atoms with Crippen molar-refractivity contribution in [3.63, 3.8) is 0 Å². The number of amides is 2. The van der Waals surface area contributed by atoms with Crippen LogP contribution >= 0.6 is 0 Å². The maximum Gasteiger partial charge on any atom is 0.408 e. The molecule has 2 aliphatic rings. The molecule has 0 saturated carbocycles. The molecule has 0 unspecified atom stereocenters. The molecule has 8 heteroatoms. The minimum atomic E-state index is -0.712. The van der Waals surface area contributed by atoms with E-state index in [0.717, 1.165) is 25.1 Å². The van der Waals surface area contributed by atoms with Gasteiger partial charge >= 0.3 is 6.09 Å². The Kier molecular flexibility index (Phi) is 5.70. The number of rotatable bonds is 4. The van der Waals surface area contributed by atoms with Crippen molar-refractivity contribution in [1.82, 2.24) is 21.1 Å². The maximum absolute atomic E-state index is 12.7. The van der Waals surface area contributed by atoms with Crippen molar-refractivity contribution in [2.45, 2.75) is 51.7 Å². The molecule has 0 aromatic carbocycles. The SMILES string of the molecule is CC(C)(C)OC(=O)N[C@@H](CC1=COCN1)C(=O)N1CCCCN1. The minimum absolute atomic E-state index is 0.176. The van der Waals surface area contributed by atoms with Gasteiger partial charge in [-0.25, -0.2) is 10.2 Å². The van der Waals surface area contributed by atoms with Gasteiger partial charge in [-0.15, -0.1) is 0 Å². The van der Waals surface area contributed by atoms with Gasteiger partial charge < -0.3 is 20.1 Å². The Bertz CT molecular complexity index is 467. The average Bonchev–Trinajstić information content (AvgIpc) is 2.98. The number of ether oxygens (including phenoxy) is 2. The number of carbonyl (C=O) groups excluding carboxylic acids is 2. The smallest absolute Gasteiger partial charge is 0.408 e. The first kappa shape index (κ1) is 17.4. The van der Waals surface area contributed by atoms with E-state index >= 15 is 0 Å². The van der Waals surface area contributed by atoms with E-state index in [1.807, 2.05) is 0 Å². The van der Waals surface area contributed by atoms with Crippen molar-refractivity contribution in [2.24, 2.45) is 0 Å². The number of nitrogens with one attached hydrogen (secondary N) is 3. The molecule has 0 aliphatic carbocycles. The van der Waals surface area contributed by atoms with E-state index in [2.05, 4.69) is 16.1 Å². The standard InChI is InChI=1S/C15H26N4O4/c1-15(2,3)23-14(21)18-12(8-11-9-22-10-16-11)13(20)19-7-5-4-6-17-19/h9,12,16-17H,4-8,10H2,1-3H3,(H,18,21)/t12-/m0/s1. The Morgan fingerprint density at radius 3 is 2.78 bits per heavy atom. The average molecular weight is 326 g/mol. The van der Waals surface area contributed by atoms with Crippen LogP contribution in [0, 0.1) is 0 Å². The molecule has 0 bridgehead atoms. The van der Waals surface area contributed by atoms with Gasteiger partial charge in [-0.2, -0.15) is 0 Å². The molecule has 0 aromatic heterocycles. The first-order valence-electron chi connectivity index (χ1n) is 7.94. The molecule has 1 fully saturated rings. The summed E-state index contributed by atoms with van der Waals surface area (Å²) < 4.78 is 10.4. The summed E-state index contributed by atoms with van der Waals surface area (Å²) in [5, 5.41) is 7.26. The van der Waals surface area contributed by atoms with Gasteiger partial charge in [-0.3, -0.25) is 9.80 Å². The van der Waals surface area contributed by atoms with Gasteiger partial charge in [0.05, 0.1) is 5.70 Å². The predicted molar refractivity (Wildman–Crippen MR) is 83.9 cm³/mol. The number of alkyl carbamates (subject to hydrolysis) is 1. The fourth-order valence-electron chi connectivity index (χ4n) is 2.37. The zero-order valence-electron chi connectivity index (χ0n) is 14.0. The van der Waals surface area contributed by atoms with Gasteiger partial charge in [0.15, 0.2) is 6.73 Å². The lowest BCUT2D eigenvalue weighted by Crippen LogP contribution is -2.56. The summed E-state index contributed by atoms with van der Waals surface area (Å²) in [5.74, 6) is -0.176. The third-order valence-electron chi connectivity index (χ3n) is 3.40. The Hall–Kier alpha value is -1.96. The fraction of sp³-hybridized carbons (Fsp3) is 0.733. The van der Waals surface area contributed by atoms with E-state index in [1.165, 1.54) is 0 Å². The number of hydrogen-bond donors (Lipinski definition) is 3. The number of hydrazine groups is 1. The zero-order chi connectivity index (χ0) is 16.9. The van der Waals surface area contributed by atoms with E-state index in [0.29, 0.717) is 19.7 Å². The summed E-state index contributed by atoms with van der Waals surface area (Å²) in [6.45, 7) is 7.12. The molecule has 2 rings (SSSR count). The highest BCUT2D eigenvalue weighted by Gasteiger charge is 2.30. The largest absolute Gasteiger partial charge is 0.479 e. The van der Waals surface area contributed by atoms with Crippen LogP contribution in [0.4, 0.5) is 4.79 Å². The molecule has 8 nitrogen and oxygen atoms in total. The van der Waals surface area contributed by atoms with Gasteiger partial charge in [0, 0.05) is 19.5 Å². The monoisotopic (exact) mass is 326 g/mol. The molecule has 0 aromatic rings. The van der Waals surface area contributed by atoms with Crippen molar-refractivity contribution in [1.29, 1.82) is 0 Å². The second kappa shape index (κ2) is 7.54. The minimum Gasteiger partial charge on any atom is -0.479 e. The van der Waals surface area contributed by atoms with Crippen LogP contribution in [0.1, 0.15) is 40.0 Å². The van der Waals surface area contributed by atoms with Gasteiger partial charge in [0.25, 0.3) is 5.91 Å². The third kappa shape index (κ3) is 5.63.